The lowest BCUT2D eigenvalue weighted by molar-refractivity contribution is -0.119. The van der Waals surface area contributed by atoms with Crippen LogP contribution in [0, 0.1) is 0 Å². The quantitative estimate of drug-likeness (QED) is 0.531. The molecule has 0 saturated carbocycles. The molecule has 0 saturated heterocycles. The molecule has 0 fully saturated rings. The Morgan fingerprint density at radius 2 is 1.97 bits per heavy atom. The van der Waals surface area contributed by atoms with Crippen LogP contribution in [0.3, 0.4) is 0 Å². The monoisotopic (exact) mass is 420 g/mol. The van der Waals surface area contributed by atoms with E-state index in [9.17, 15) is 9.59 Å². The van der Waals surface area contributed by atoms with E-state index in [2.05, 4.69) is 40.9 Å². The van der Waals surface area contributed by atoms with Crippen LogP contribution in [0.4, 0.5) is 5.82 Å². The highest BCUT2D eigenvalue weighted by atomic mass is 32.1. The first-order valence-corrected chi connectivity index (χ1v) is 10.5. The average molecular weight is 421 g/mol. The number of Topliss-reactive ketones (excluding diaryl/α,β-unsaturated/α-hetero) is 1. The van der Waals surface area contributed by atoms with E-state index in [-0.39, 0.29) is 17.6 Å². The summed E-state index contributed by atoms with van der Waals surface area (Å²) in [6.45, 7) is 9.56. The van der Waals surface area contributed by atoms with Gasteiger partial charge in [0.25, 0.3) is 0 Å². The summed E-state index contributed by atoms with van der Waals surface area (Å²) in [5.41, 5.74) is 2.44. The molecule has 0 aliphatic carbocycles. The number of rotatable bonds is 8. The number of amides is 1. The first kappa shape index (κ1) is 21.5. The van der Waals surface area contributed by atoms with Gasteiger partial charge in [-0.25, -0.2) is 4.98 Å². The van der Waals surface area contributed by atoms with Crippen molar-refractivity contribution in [2.75, 3.05) is 5.32 Å². The number of aromatic nitrogens is 3. The molecule has 2 aromatic heterocycles. The van der Waals surface area contributed by atoms with Crippen LogP contribution in [0.5, 0.6) is 0 Å². The lowest BCUT2D eigenvalue weighted by Crippen LogP contribution is -2.12. The maximum atomic E-state index is 12.8. The van der Waals surface area contributed by atoms with E-state index in [1.54, 1.807) is 23.5 Å². The summed E-state index contributed by atoms with van der Waals surface area (Å²) in [6, 6.07) is 11.2. The molecule has 1 aromatic carbocycles. The zero-order valence-electron chi connectivity index (χ0n) is 17.3. The number of anilines is 1. The van der Waals surface area contributed by atoms with Crippen molar-refractivity contribution in [1.29, 1.82) is 0 Å². The third kappa shape index (κ3) is 5.24. The fraction of sp³-hybridized carbons (Fsp3) is 0.261. The number of nitrogens with one attached hydrogen (secondary N) is 1. The number of carbonyl (C=O) groups excluding carboxylic acids is 2. The molecule has 6 nitrogen and oxygen atoms in total. The Morgan fingerprint density at radius 1 is 1.17 bits per heavy atom. The van der Waals surface area contributed by atoms with Crippen LogP contribution in [0.25, 0.3) is 11.3 Å². The molecule has 0 aliphatic heterocycles. The molecule has 30 heavy (non-hydrogen) atoms. The Morgan fingerprint density at radius 3 is 2.60 bits per heavy atom. The van der Waals surface area contributed by atoms with E-state index in [1.165, 1.54) is 11.0 Å². The summed E-state index contributed by atoms with van der Waals surface area (Å²) in [7, 11) is 0. The first-order chi connectivity index (χ1) is 14.4. The first-order valence-electron chi connectivity index (χ1n) is 9.72. The molecule has 1 atom stereocenters. The minimum atomic E-state index is -0.341. The average Bonchev–Trinajstić information content (AvgIpc) is 3.22. The molecule has 154 valence electrons. The van der Waals surface area contributed by atoms with Crippen molar-refractivity contribution in [3.63, 3.8) is 0 Å². The van der Waals surface area contributed by atoms with E-state index in [1.807, 2.05) is 37.4 Å². The van der Waals surface area contributed by atoms with Gasteiger partial charge in [0.15, 0.2) is 5.82 Å². The number of thiazole rings is 1. The van der Waals surface area contributed by atoms with Crippen molar-refractivity contribution >= 4 is 28.8 Å². The molecular formula is C23H24N4O2S. The second-order valence-electron chi connectivity index (χ2n) is 7.30. The summed E-state index contributed by atoms with van der Waals surface area (Å²) in [4.78, 5) is 29.7. The summed E-state index contributed by atoms with van der Waals surface area (Å²) in [5.74, 6) is 0.304. The lowest BCUT2D eigenvalue weighted by atomic mass is 9.93. The summed E-state index contributed by atoms with van der Waals surface area (Å²) in [6.07, 6.45) is 3.37. The topological polar surface area (TPSA) is 84.8 Å². The largest absolute Gasteiger partial charge is 0.306 e. The normalized spacial score (nSPS) is 11.9. The van der Waals surface area contributed by atoms with E-state index >= 15 is 0 Å². The molecule has 0 spiro atoms. The molecule has 3 rings (SSSR count). The van der Waals surface area contributed by atoms with E-state index in [0.717, 1.165) is 16.1 Å². The van der Waals surface area contributed by atoms with Gasteiger partial charge >= 0.3 is 0 Å². The highest BCUT2D eigenvalue weighted by Crippen LogP contribution is 2.27. The SMILES string of the molecule is C=CC(=O)Nc1ccc(-c2cccc([C@H](C)C(=O)Cc3ncc(C(C)C)s3)c2)nn1. The predicted octanol–water partition coefficient (Wildman–Crippen LogP) is 4.76. The fourth-order valence-corrected chi connectivity index (χ4v) is 3.79. The zero-order chi connectivity index (χ0) is 21.7. The van der Waals surface area contributed by atoms with Crippen molar-refractivity contribution in [3.05, 3.63) is 70.7 Å². The van der Waals surface area contributed by atoms with Crippen LogP contribution in [0.1, 0.15) is 48.1 Å². The number of benzene rings is 1. The molecule has 0 aliphatic rings. The minimum Gasteiger partial charge on any atom is -0.306 e. The van der Waals surface area contributed by atoms with Gasteiger partial charge in [-0.2, -0.15) is 0 Å². The van der Waals surface area contributed by atoms with Crippen molar-refractivity contribution in [1.82, 2.24) is 15.2 Å². The third-order valence-electron chi connectivity index (χ3n) is 4.73. The van der Waals surface area contributed by atoms with Gasteiger partial charge in [-0.3, -0.25) is 9.59 Å². The van der Waals surface area contributed by atoms with Gasteiger partial charge < -0.3 is 5.32 Å². The highest BCUT2D eigenvalue weighted by molar-refractivity contribution is 7.11. The minimum absolute atomic E-state index is 0.130. The molecule has 0 unspecified atom stereocenters. The highest BCUT2D eigenvalue weighted by Gasteiger charge is 2.18. The van der Waals surface area contributed by atoms with E-state index < -0.39 is 0 Å². The Hall–Kier alpha value is -3.19. The number of ketones is 1. The Labute approximate surface area is 180 Å². The van der Waals surface area contributed by atoms with Crippen LogP contribution in [0.2, 0.25) is 0 Å². The van der Waals surface area contributed by atoms with Crippen molar-refractivity contribution in [2.45, 2.75) is 39.0 Å². The molecule has 0 radical (unpaired) electrons. The van der Waals surface area contributed by atoms with Gasteiger partial charge in [-0.05, 0) is 35.8 Å². The number of nitrogens with zero attached hydrogens (tertiary/aromatic N) is 3. The van der Waals surface area contributed by atoms with Gasteiger partial charge in [0, 0.05) is 22.6 Å². The van der Waals surface area contributed by atoms with Crippen LogP contribution >= 0.6 is 11.3 Å². The van der Waals surface area contributed by atoms with Gasteiger partial charge in [0.2, 0.25) is 5.91 Å². The Balaban J connectivity index is 1.72. The molecule has 3 aromatic rings. The maximum Gasteiger partial charge on any atom is 0.248 e. The third-order valence-corrected chi connectivity index (χ3v) is 6.03. The summed E-state index contributed by atoms with van der Waals surface area (Å²) < 4.78 is 0. The number of hydrogen-bond acceptors (Lipinski definition) is 6. The maximum absolute atomic E-state index is 12.8. The summed E-state index contributed by atoms with van der Waals surface area (Å²) >= 11 is 1.60. The van der Waals surface area contributed by atoms with Crippen molar-refractivity contribution in [2.24, 2.45) is 0 Å². The van der Waals surface area contributed by atoms with E-state index in [0.29, 0.717) is 23.9 Å². The summed E-state index contributed by atoms with van der Waals surface area (Å²) in [5, 5.41) is 11.6. The van der Waals surface area contributed by atoms with E-state index in [4.69, 9.17) is 0 Å². The molecular weight excluding hydrogens is 396 g/mol. The number of hydrogen-bond donors (Lipinski definition) is 1. The second-order valence-corrected chi connectivity index (χ2v) is 8.45. The molecule has 1 amide bonds. The van der Waals surface area contributed by atoms with Gasteiger partial charge in [0.05, 0.1) is 12.1 Å². The van der Waals surface area contributed by atoms with Gasteiger partial charge in [0.1, 0.15) is 10.8 Å². The van der Waals surface area contributed by atoms with Crippen LogP contribution < -0.4 is 5.32 Å². The van der Waals surface area contributed by atoms with Crippen molar-refractivity contribution < 1.29 is 9.59 Å². The molecule has 0 bridgehead atoms. The molecule has 7 heteroatoms. The van der Waals surface area contributed by atoms with Gasteiger partial charge in [-0.1, -0.05) is 45.5 Å². The molecule has 1 N–H and O–H groups in total. The smallest absolute Gasteiger partial charge is 0.248 e. The molecule has 2 heterocycles. The Bertz CT molecular complexity index is 1060. The number of carbonyl (C=O) groups is 2. The van der Waals surface area contributed by atoms with Crippen LogP contribution in [-0.2, 0) is 16.0 Å². The van der Waals surface area contributed by atoms with Crippen molar-refractivity contribution in [3.8, 4) is 11.3 Å². The van der Waals surface area contributed by atoms with Gasteiger partial charge in [-0.15, -0.1) is 21.5 Å². The zero-order valence-corrected chi connectivity index (χ0v) is 18.1. The van der Waals surface area contributed by atoms with Crippen LogP contribution in [0.15, 0.2) is 55.3 Å². The predicted molar refractivity (Wildman–Crippen MR) is 120 cm³/mol. The van der Waals surface area contributed by atoms with Crippen LogP contribution in [-0.4, -0.2) is 26.9 Å². The second kappa shape index (κ2) is 9.54. The Kier molecular flexibility index (Phi) is 6.84. The fourth-order valence-electron chi connectivity index (χ4n) is 2.86. The lowest BCUT2D eigenvalue weighted by Gasteiger charge is -2.12. The standard InChI is InChI=1S/C23H24N4O2S/c1-5-22(29)25-21-10-9-18(26-27-21)17-8-6-7-16(11-17)15(4)19(28)12-23-24-13-20(30-23)14(2)3/h5-11,13-15H,1,12H2,2-4H3,(H,25,27,29)/t15-/m0/s1.